The quantitative estimate of drug-likeness (QED) is 0.544. The van der Waals surface area contributed by atoms with Gasteiger partial charge in [-0.25, -0.2) is 4.39 Å². The van der Waals surface area contributed by atoms with E-state index in [4.69, 9.17) is 10.5 Å². The Kier molecular flexibility index (Phi) is 7.73. The summed E-state index contributed by atoms with van der Waals surface area (Å²) in [5.74, 6) is -0.162. The lowest BCUT2D eigenvalue weighted by molar-refractivity contribution is -0.0115. The molecule has 0 radical (unpaired) electrons. The normalized spacial score (nSPS) is 26.1. The van der Waals surface area contributed by atoms with E-state index in [1.54, 1.807) is 24.4 Å². The van der Waals surface area contributed by atoms with Crippen LogP contribution in [0.25, 0.3) is 0 Å². The summed E-state index contributed by atoms with van der Waals surface area (Å²) >= 11 is 0. The van der Waals surface area contributed by atoms with E-state index in [9.17, 15) is 14.3 Å². The Morgan fingerprint density at radius 3 is 2.66 bits per heavy atom. The van der Waals surface area contributed by atoms with E-state index >= 15 is 0 Å². The molecule has 35 heavy (non-hydrogen) atoms. The van der Waals surface area contributed by atoms with E-state index < -0.39 is 18.0 Å². The number of aliphatic hydroxyl groups excluding tert-OH is 1. The Hall–Kier alpha value is -2.56. The summed E-state index contributed by atoms with van der Waals surface area (Å²) in [5, 5.41) is 22.3. The van der Waals surface area contributed by atoms with E-state index in [0.29, 0.717) is 25.4 Å². The number of hydrogen-bond acceptors (Lipinski definition) is 7. The summed E-state index contributed by atoms with van der Waals surface area (Å²) in [6.07, 6.45) is 2.39. The molecule has 4 atom stereocenters. The predicted molar refractivity (Wildman–Crippen MR) is 129 cm³/mol. The van der Waals surface area contributed by atoms with E-state index in [1.165, 1.54) is 10.7 Å². The maximum atomic E-state index is 14.3. The van der Waals surface area contributed by atoms with Crippen molar-refractivity contribution in [2.75, 3.05) is 19.6 Å². The van der Waals surface area contributed by atoms with Crippen LogP contribution in [0.1, 0.15) is 50.5 Å². The summed E-state index contributed by atoms with van der Waals surface area (Å²) < 4.78 is 21.7. The third-order valence-corrected chi connectivity index (χ3v) is 7.37. The molecule has 4 rings (SSSR count). The zero-order chi connectivity index (χ0) is 25.2. The van der Waals surface area contributed by atoms with Crippen molar-refractivity contribution in [3.05, 3.63) is 42.0 Å². The fraction of sp³-hybridized carbons (Fsp3) is 0.640. The van der Waals surface area contributed by atoms with Crippen LogP contribution in [-0.2, 0) is 6.54 Å². The average molecular weight is 489 g/mol. The molecule has 2 aliphatic rings. The highest BCUT2D eigenvalue weighted by atomic mass is 19.1. The van der Waals surface area contributed by atoms with Crippen LogP contribution in [-0.4, -0.2) is 74.8 Å². The fourth-order valence-corrected chi connectivity index (χ4v) is 5.37. The van der Waals surface area contributed by atoms with Crippen molar-refractivity contribution in [3.8, 4) is 5.75 Å². The highest BCUT2D eigenvalue weighted by molar-refractivity contribution is 5.92. The van der Waals surface area contributed by atoms with E-state index in [-0.39, 0.29) is 34.8 Å². The van der Waals surface area contributed by atoms with Crippen LogP contribution < -0.4 is 15.8 Å². The van der Waals surface area contributed by atoms with Gasteiger partial charge in [0.2, 0.25) is 0 Å². The van der Waals surface area contributed by atoms with Crippen molar-refractivity contribution < 1.29 is 19.0 Å². The van der Waals surface area contributed by atoms with Gasteiger partial charge in [0.25, 0.3) is 5.91 Å². The molecule has 1 aromatic heterocycles. The monoisotopic (exact) mass is 488 g/mol. The van der Waals surface area contributed by atoms with Gasteiger partial charge in [0.1, 0.15) is 12.2 Å². The molecule has 9 nitrogen and oxygen atoms in total. The fourth-order valence-electron chi connectivity index (χ4n) is 5.37. The third kappa shape index (κ3) is 5.82. The number of halogens is 1. The Labute approximate surface area is 205 Å². The van der Waals surface area contributed by atoms with Crippen molar-refractivity contribution in [1.82, 2.24) is 25.2 Å². The highest BCUT2D eigenvalue weighted by Crippen LogP contribution is 2.37. The number of rotatable bonds is 7. The maximum absolute atomic E-state index is 14.3. The predicted octanol–water partition coefficient (Wildman–Crippen LogP) is 1.81. The number of nitrogens with two attached hydrogens (primary N) is 1. The molecule has 1 saturated carbocycles. The molecule has 1 saturated heterocycles. The molecule has 2 fully saturated rings. The first-order valence-electron chi connectivity index (χ1n) is 12.4. The molecule has 1 aliphatic heterocycles. The lowest BCUT2D eigenvalue weighted by Gasteiger charge is -2.43. The van der Waals surface area contributed by atoms with Gasteiger partial charge in [-0.05, 0) is 49.4 Å². The molecule has 1 aromatic carbocycles. The number of aromatic nitrogens is 3. The van der Waals surface area contributed by atoms with E-state index in [1.807, 2.05) is 0 Å². The number of hydrogen-bond donors (Lipinski definition) is 3. The topological polar surface area (TPSA) is 119 Å². The smallest absolute Gasteiger partial charge is 0.273 e. The molecule has 10 heteroatoms. The van der Waals surface area contributed by atoms with Crippen LogP contribution in [0.2, 0.25) is 0 Å². The second kappa shape index (κ2) is 10.6. The molecular weight excluding hydrogens is 451 g/mol. The van der Waals surface area contributed by atoms with E-state index in [0.717, 1.165) is 25.9 Å². The second-order valence-corrected chi connectivity index (χ2v) is 10.7. The largest absolute Gasteiger partial charge is 0.485 e. The summed E-state index contributed by atoms with van der Waals surface area (Å²) in [5.41, 5.74) is 5.97. The molecule has 0 bridgehead atoms. The molecule has 2 aromatic rings. The molecule has 0 unspecified atom stereocenters. The summed E-state index contributed by atoms with van der Waals surface area (Å²) in [6, 6.07) is 5.42. The summed E-state index contributed by atoms with van der Waals surface area (Å²) in [4.78, 5) is 15.2. The summed E-state index contributed by atoms with van der Waals surface area (Å²) in [6.45, 7) is 9.27. The number of nitrogens with one attached hydrogen (secondary N) is 1. The summed E-state index contributed by atoms with van der Waals surface area (Å²) in [7, 11) is 0. The number of para-hydroxylation sites is 1. The average Bonchev–Trinajstić information content (AvgIpc) is 3.40. The van der Waals surface area contributed by atoms with Crippen LogP contribution in [0.4, 0.5) is 4.39 Å². The van der Waals surface area contributed by atoms with Crippen LogP contribution in [0.15, 0.2) is 30.5 Å². The Balaban J connectivity index is 1.51. The number of nitrogens with zero attached hydrogens (tertiary/aromatic N) is 4. The molecular formula is C25H37FN6O3. The molecule has 4 N–H and O–H groups in total. The van der Waals surface area contributed by atoms with Gasteiger partial charge in [-0.2, -0.15) is 0 Å². The Morgan fingerprint density at radius 2 is 2.00 bits per heavy atom. The number of ether oxygens (including phenoxy) is 1. The number of benzene rings is 1. The standard InChI is InChI=1S/C25H37FN6O3/c1-25(2,3)16-8-11-31(12-9-16)22-18(28-24(34)19-15-32(13-10-27)30-29-19)14-21(23(22)33)35-20-7-5-4-6-17(20)26/h4-7,15-16,18,21-23,33H,8-14,27H2,1-3H3,(H,28,34)/t18-,21-,22+,23+/m1/s1. The number of piperidine rings is 1. The third-order valence-electron chi connectivity index (χ3n) is 7.37. The zero-order valence-corrected chi connectivity index (χ0v) is 20.7. The van der Waals surface area contributed by atoms with Crippen molar-refractivity contribution in [2.24, 2.45) is 17.1 Å². The minimum atomic E-state index is -0.890. The minimum absolute atomic E-state index is 0.0958. The number of amides is 1. The van der Waals surface area contributed by atoms with Gasteiger partial charge in [-0.1, -0.05) is 38.1 Å². The zero-order valence-electron chi connectivity index (χ0n) is 20.7. The molecule has 1 aliphatic carbocycles. The van der Waals surface area contributed by atoms with Crippen molar-refractivity contribution in [2.45, 2.75) is 70.9 Å². The first-order valence-corrected chi connectivity index (χ1v) is 12.4. The SMILES string of the molecule is CC(C)(C)C1CCN([C@@H]2[C@@H](O)[C@H](Oc3ccccc3F)C[C@H]2NC(=O)c2cn(CCN)nn2)CC1. The molecule has 1 amide bonds. The first kappa shape index (κ1) is 25.5. The van der Waals surface area contributed by atoms with Crippen LogP contribution in [0.5, 0.6) is 5.75 Å². The van der Waals surface area contributed by atoms with Crippen molar-refractivity contribution in [3.63, 3.8) is 0 Å². The van der Waals surface area contributed by atoms with Crippen molar-refractivity contribution in [1.29, 1.82) is 0 Å². The van der Waals surface area contributed by atoms with Gasteiger partial charge in [-0.3, -0.25) is 14.4 Å². The van der Waals surface area contributed by atoms with Crippen LogP contribution in [0.3, 0.4) is 0 Å². The Bertz CT molecular complexity index is 1000. The van der Waals surface area contributed by atoms with Gasteiger partial charge >= 0.3 is 0 Å². The van der Waals surface area contributed by atoms with Crippen molar-refractivity contribution >= 4 is 5.91 Å². The highest BCUT2D eigenvalue weighted by Gasteiger charge is 2.48. The number of likely N-dealkylation sites (tertiary alicyclic amines) is 1. The lowest BCUT2D eigenvalue weighted by Crippen LogP contribution is -2.56. The Morgan fingerprint density at radius 1 is 1.29 bits per heavy atom. The van der Waals surface area contributed by atoms with Crippen LogP contribution >= 0.6 is 0 Å². The van der Waals surface area contributed by atoms with Gasteiger partial charge in [0, 0.05) is 13.0 Å². The lowest BCUT2D eigenvalue weighted by atomic mass is 9.75. The van der Waals surface area contributed by atoms with Gasteiger partial charge < -0.3 is 20.9 Å². The second-order valence-electron chi connectivity index (χ2n) is 10.7. The van der Waals surface area contributed by atoms with E-state index in [2.05, 4.69) is 41.3 Å². The number of aliphatic hydroxyl groups is 1. The molecule has 0 spiro atoms. The number of carbonyl (C=O) groups is 1. The van der Waals surface area contributed by atoms with Gasteiger partial charge in [-0.15, -0.1) is 5.10 Å². The molecule has 192 valence electrons. The minimum Gasteiger partial charge on any atom is -0.485 e. The van der Waals surface area contributed by atoms with Gasteiger partial charge in [0.05, 0.1) is 24.8 Å². The van der Waals surface area contributed by atoms with Crippen LogP contribution in [0, 0.1) is 17.2 Å². The number of carbonyl (C=O) groups excluding carboxylic acids is 1. The molecule has 2 heterocycles. The van der Waals surface area contributed by atoms with Gasteiger partial charge in [0.15, 0.2) is 17.3 Å². The maximum Gasteiger partial charge on any atom is 0.273 e. The first-order chi connectivity index (χ1) is 16.7.